The van der Waals surface area contributed by atoms with Crippen LogP contribution in [0.1, 0.15) is 54.1 Å². The van der Waals surface area contributed by atoms with E-state index in [2.05, 4.69) is 6.92 Å². The number of anilines is 1. The lowest BCUT2D eigenvalue weighted by Gasteiger charge is -2.18. The van der Waals surface area contributed by atoms with Crippen LogP contribution in [0, 0.1) is 13.8 Å². The summed E-state index contributed by atoms with van der Waals surface area (Å²) in [6, 6.07) is 3.90. The fourth-order valence-corrected chi connectivity index (χ4v) is 2.67. The van der Waals surface area contributed by atoms with Gasteiger partial charge in [0, 0.05) is 6.54 Å². The molecule has 3 nitrogen and oxygen atoms in total. The predicted octanol–water partition coefficient (Wildman–Crippen LogP) is 3.41. The molecule has 2 rings (SSSR count). The maximum Gasteiger partial charge on any atom is 0.299 e. The Kier molecular flexibility index (Phi) is 4.03. The number of unbranched alkanes of at least 4 members (excludes halogenated alkanes) is 3. The summed E-state index contributed by atoms with van der Waals surface area (Å²) in [5, 5.41) is 0. The number of carbonyl (C=O) groups is 2. The first-order valence-corrected chi connectivity index (χ1v) is 7.04. The molecule has 0 fully saturated rings. The minimum absolute atomic E-state index is 0.341. The van der Waals surface area contributed by atoms with E-state index in [-0.39, 0.29) is 11.7 Å². The molecule has 0 radical (unpaired) electrons. The van der Waals surface area contributed by atoms with Gasteiger partial charge in [-0.25, -0.2) is 0 Å². The van der Waals surface area contributed by atoms with E-state index in [1.807, 2.05) is 26.0 Å². The molecule has 19 heavy (non-hydrogen) atoms. The van der Waals surface area contributed by atoms with Crippen LogP contribution in [0.15, 0.2) is 12.1 Å². The normalized spacial score (nSPS) is 14.2. The lowest BCUT2D eigenvalue weighted by molar-refractivity contribution is -0.114. The summed E-state index contributed by atoms with van der Waals surface area (Å²) in [5.41, 5.74) is 3.36. The lowest BCUT2D eigenvalue weighted by atomic mass is 10.0. The highest BCUT2D eigenvalue weighted by atomic mass is 16.2. The molecule has 1 aromatic rings. The first-order valence-electron chi connectivity index (χ1n) is 7.04. The van der Waals surface area contributed by atoms with Crippen molar-refractivity contribution in [2.24, 2.45) is 0 Å². The van der Waals surface area contributed by atoms with E-state index in [1.165, 1.54) is 12.8 Å². The largest absolute Gasteiger partial charge is 0.304 e. The average Bonchev–Trinajstić information content (AvgIpc) is 2.65. The zero-order valence-electron chi connectivity index (χ0n) is 12.0. The van der Waals surface area contributed by atoms with Gasteiger partial charge in [-0.1, -0.05) is 38.3 Å². The molecule has 1 heterocycles. The second-order valence-electron chi connectivity index (χ2n) is 5.27. The zero-order chi connectivity index (χ0) is 14.0. The minimum Gasteiger partial charge on any atom is -0.304 e. The third-order valence-corrected chi connectivity index (χ3v) is 3.76. The summed E-state index contributed by atoms with van der Waals surface area (Å²) in [6.45, 7) is 6.67. The minimum atomic E-state index is -0.358. The fraction of sp³-hybridized carbons (Fsp3) is 0.500. The van der Waals surface area contributed by atoms with Crippen molar-refractivity contribution in [1.29, 1.82) is 0 Å². The number of benzene rings is 1. The zero-order valence-corrected chi connectivity index (χ0v) is 12.0. The molecular formula is C16H21NO2. The van der Waals surface area contributed by atoms with Gasteiger partial charge in [-0.3, -0.25) is 9.59 Å². The summed E-state index contributed by atoms with van der Waals surface area (Å²) in [7, 11) is 0. The Morgan fingerprint density at radius 2 is 1.68 bits per heavy atom. The van der Waals surface area contributed by atoms with E-state index in [0.717, 1.165) is 29.7 Å². The quantitative estimate of drug-likeness (QED) is 0.600. The van der Waals surface area contributed by atoms with Crippen LogP contribution in [-0.2, 0) is 4.79 Å². The van der Waals surface area contributed by atoms with Crippen LogP contribution in [-0.4, -0.2) is 18.2 Å². The highest BCUT2D eigenvalue weighted by Crippen LogP contribution is 2.34. The van der Waals surface area contributed by atoms with Gasteiger partial charge in [0.25, 0.3) is 11.7 Å². The molecule has 102 valence electrons. The van der Waals surface area contributed by atoms with Gasteiger partial charge in [-0.2, -0.15) is 0 Å². The van der Waals surface area contributed by atoms with Crippen molar-refractivity contribution in [3.63, 3.8) is 0 Å². The van der Waals surface area contributed by atoms with Crippen LogP contribution in [0.3, 0.4) is 0 Å². The molecule has 1 amide bonds. The molecule has 0 atom stereocenters. The number of aryl methyl sites for hydroxylation is 2. The Balaban J connectivity index is 2.26. The molecule has 1 aliphatic heterocycles. The van der Waals surface area contributed by atoms with Crippen molar-refractivity contribution in [2.75, 3.05) is 11.4 Å². The Hall–Kier alpha value is -1.64. The van der Waals surface area contributed by atoms with Gasteiger partial charge < -0.3 is 4.90 Å². The first-order chi connectivity index (χ1) is 9.07. The van der Waals surface area contributed by atoms with Crippen molar-refractivity contribution in [3.05, 3.63) is 28.8 Å². The second kappa shape index (κ2) is 5.55. The molecule has 0 spiro atoms. The van der Waals surface area contributed by atoms with Crippen LogP contribution in [0.5, 0.6) is 0 Å². The molecule has 0 saturated carbocycles. The van der Waals surface area contributed by atoms with Crippen molar-refractivity contribution in [1.82, 2.24) is 0 Å². The third-order valence-electron chi connectivity index (χ3n) is 3.76. The van der Waals surface area contributed by atoms with Crippen LogP contribution < -0.4 is 4.90 Å². The monoisotopic (exact) mass is 259 g/mol. The van der Waals surface area contributed by atoms with E-state index >= 15 is 0 Å². The summed E-state index contributed by atoms with van der Waals surface area (Å²) < 4.78 is 0. The van der Waals surface area contributed by atoms with Crippen LogP contribution in [0.25, 0.3) is 0 Å². The number of nitrogens with zero attached hydrogens (tertiary/aromatic N) is 1. The third kappa shape index (κ3) is 2.42. The van der Waals surface area contributed by atoms with Gasteiger partial charge in [0.2, 0.25) is 0 Å². The standard InChI is InChI=1S/C16H21NO2/c1-4-5-6-7-10-17-14-12(3)9-8-11(2)13(14)15(18)16(17)19/h8-9H,4-7,10H2,1-3H3. The first kappa shape index (κ1) is 13.8. The number of hydrogen-bond donors (Lipinski definition) is 0. The molecule has 0 aliphatic carbocycles. The Labute approximate surface area is 114 Å². The van der Waals surface area contributed by atoms with E-state index < -0.39 is 0 Å². The van der Waals surface area contributed by atoms with E-state index in [0.29, 0.717) is 12.1 Å². The Morgan fingerprint density at radius 3 is 2.37 bits per heavy atom. The highest BCUT2D eigenvalue weighted by Gasteiger charge is 2.37. The summed E-state index contributed by atoms with van der Waals surface area (Å²) in [6.07, 6.45) is 4.41. The van der Waals surface area contributed by atoms with Crippen molar-refractivity contribution < 1.29 is 9.59 Å². The van der Waals surface area contributed by atoms with Gasteiger partial charge in [-0.15, -0.1) is 0 Å². The number of Topliss-reactive ketones (excluding diaryl/α,β-unsaturated/α-hetero) is 1. The van der Waals surface area contributed by atoms with Gasteiger partial charge in [-0.05, 0) is 31.4 Å². The molecular weight excluding hydrogens is 238 g/mol. The van der Waals surface area contributed by atoms with Crippen LogP contribution in [0.4, 0.5) is 5.69 Å². The van der Waals surface area contributed by atoms with E-state index in [1.54, 1.807) is 4.90 Å². The topological polar surface area (TPSA) is 37.4 Å². The number of carbonyl (C=O) groups excluding carboxylic acids is 2. The summed E-state index contributed by atoms with van der Waals surface area (Å²) in [5.74, 6) is -0.699. The summed E-state index contributed by atoms with van der Waals surface area (Å²) in [4.78, 5) is 25.9. The van der Waals surface area contributed by atoms with Crippen molar-refractivity contribution >= 4 is 17.4 Å². The van der Waals surface area contributed by atoms with Crippen molar-refractivity contribution in [3.8, 4) is 0 Å². The van der Waals surface area contributed by atoms with Gasteiger partial charge in [0.1, 0.15) is 0 Å². The van der Waals surface area contributed by atoms with E-state index in [9.17, 15) is 9.59 Å². The maximum absolute atomic E-state index is 12.1. The molecule has 0 bridgehead atoms. The molecule has 1 aliphatic rings. The molecule has 1 aromatic carbocycles. The van der Waals surface area contributed by atoms with Gasteiger partial charge in [0.05, 0.1) is 11.3 Å². The number of fused-ring (bicyclic) bond motifs is 1. The number of rotatable bonds is 5. The smallest absolute Gasteiger partial charge is 0.299 e. The van der Waals surface area contributed by atoms with Crippen molar-refractivity contribution in [2.45, 2.75) is 46.5 Å². The average molecular weight is 259 g/mol. The second-order valence-corrected chi connectivity index (χ2v) is 5.27. The molecule has 0 unspecified atom stereocenters. The van der Waals surface area contributed by atoms with Gasteiger partial charge >= 0.3 is 0 Å². The highest BCUT2D eigenvalue weighted by molar-refractivity contribution is 6.52. The lowest BCUT2D eigenvalue weighted by Crippen LogP contribution is -2.31. The Bertz CT molecular complexity index is 520. The molecule has 0 aromatic heterocycles. The Morgan fingerprint density at radius 1 is 1.00 bits per heavy atom. The molecule has 0 N–H and O–H groups in total. The predicted molar refractivity (Wildman–Crippen MR) is 76.7 cm³/mol. The number of ketones is 1. The number of hydrogen-bond acceptors (Lipinski definition) is 2. The number of amides is 1. The summed E-state index contributed by atoms with van der Waals surface area (Å²) >= 11 is 0. The van der Waals surface area contributed by atoms with Gasteiger partial charge in [0.15, 0.2) is 0 Å². The SMILES string of the molecule is CCCCCCN1C(=O)C(=O)c2c(C)ccc(C)c21. The van der Waals surface area contributed by atoms with Crippen LogP contribution in [0.2, 0.25) is 0 Å². The molecule has 0 saturated heterocycles. The molecule has 3 heteroatoms. The van der Waals surface area contributed by atoms with E-state index in [4.69, 9.17) is 0 Å². The maximum atomic E-state index is 12.1. The van der Waals surface area contributed by atoms with Crippen LogP contribution >= 0.6 is 0 Å². The fourth-order valence-electron chi connectivity index (χ4n) is 2.67.